The van der Waals surface area contributed by atoms with Crippen LogP contribution in [0.15, 0.2) is 35.9 Å². The fourth-order valence-electron chi connectivity index (χ4n) is 4.43. The molecule has 2 heterocycles. The molecule has 4 rings (SSSR count). The Kier molecular flexibility index (Phi) is 5.95. The van der Waals surface area contributed by atoms with Gasteiger partial charge >= 0.3 is 5.97 Å². The maximum absolute atomic E-state index is 11.6. The van der Waals surface area contributed by atoms with Crippen molar-refractivity contribution >= 4 is 22.9 Å². The number of benzene rings is 1. The first-order valence-electron chi connectivity index (χ1n) is 10.2. The normalized spacial score (nSPS) is 17.2. The molecule has 1 aromatic carbocycles. The average Bonchev–Trinajstić information content (AvgIpc) is 3.07. The summed E-state index contributed by atoms with van der Waals surface area (Å²) in [6, 6.07) is 10.5. The van der Waals surface area contributed by atoms with Gasteiger partial charge in [0.1, 0.15) is 4.88 Å². The predicted octanol–water partition coefficient (Wildman–Crippen LogP) is 4.22. The topological polar surface area (TPSA) is 60.8 Å². The number of aliphatic hydroxyl groups excluding tert-OH is 1. The number of rotatable bonds is 5. The highest BCUT2D eigenvalue weighted by Crippen LogP contribution is 2.41. The zero-order chi connectivity index (χ0) is 19.5. The molecule has 2 N–H and O–H groups in total. The largest absolute Gasteiger partial charge is 0.477 e. The van der Waals surface area contributed by atoms with E-state index >= 15 is 0 Å². The molecule has 0 saturated carbocycles. The summed E-state index contributed by atoms with van der Waals surface area (Å²) in [6.45, 7) is 3.40. The minimum absolute atomic E-state index is 0.271. The summed E-state index contributed by atoms with van der Waals surface area (Å²) >= 11 is 1.44. The number of carbonyl (C=O) groups is 1. The first kappa shape index (κ1) is 19.4. The van der Waals surface area contributed by atoms with Crippen molar-refractivity contribution < 1.29 is 15.0 Å². The summed E-state index contributed by atoms with van der Waals surface area (Å²) in [5, 5.41) is 18.5. The molecule has 0 bridgehead atoms. The van der Waals surface area contributed by atoms with Crippen LogP contribution in [-0.2, 0) is 12.8 Å². The molecule has 2 aromatic rings. The van der Waals surface area contributed by atoms with Crippen molar-refractivity contribution in [3.63, 3.8) is 0 Å². The number of fused-ring (bicyclic) bond motifs is 2. The Balaban J connectivity index is 1.69. The van der Waals surface area contributed by atoms with Crippen LogP contribution in [0, 0.1) is 0 Å². The molecular formula is C23H27NO3S. The average molecular weight is 398 g/mol. The van der Waals surface area contributed by atoms with Crippen molar-refractivity contribution in [1.82, 2.24) is 4.90 Å². The van der Waals surface area contributed by atoms with Crippen LogP contribution in [0.25, 0.3) is 5.57 Å². The standard InChI is InChI=1S/C23H27NO3S/c25-14-4-3-11-24-12-9-17(10-13-24)22-18-6-2-1-5-16(18)7-8-20-19(22)15-21(28-20)23(26)27/h1-2,5-6,15,25H,3-4,7-14H2,(H,26,27). The van der Waals surface area contributed by atoms with E-state index in [0.717, 1.165) is 63.7 Å². The van der Waals surface area contributed by atoms with Crippen LogP contribution in [0.1, 0.15) is 56.9 Å². The first-order chi connectivity index (χ1) is 13.7. The number of hydrogen-bond donors (Lipinski definition) is 2. The summed E-state index contributed by atoms with van der Waals surface area (Å²) < 4.78 is 0. The third-order valence-corrected chi connectivity index (χ3v) is 7.08. The highest BCUT2D eigenvalue weighted by Gasteiger charge is 2.26. The van der Waals surface area contributed by atoms with Gasteiger partial charge in [0, 0.05) is 24.6 Å². The molecule has 1 aliphatic heterocycles. The van der Waals surface area contributed by atoms with Gasteiger partial charge in [0.2, 0.25) is 0 Å². The zero-order valence-corrected chi connectivity index (χ0v) is 16.9. The Morgan fingerprint density at radius 1 is 1.04 bits per heavy atom. The molecular weight excluding hydrogens is 370 g/mol. The fourth-order valence-corrected chi connectivity index (χ4v) is 5.44. The number of thiophene rings is 1. The van der Waals surface area contributed by atoms with Crippen LogP contribution < -0.4 is 0 Å². The van der Waals surface area contributed by atoms with E-state index in [0.29, 0.717) is 4.88 Å². The van der Waals surface area contributed by atoms with E-state index in [1.165, 1.54) is 38.5 Å². The molecule has 0 radical (unpaired) electrons. The monoisotopic (exact) mass is 397 g/mol. The van der Waals surface area contributed by atoms with Gasteiger partial charge < -0.3 is 15.1 Å². The second kappa shape index (κ2) is 8.60. The zero-order valence-electron chi connectivity index (χ0n) is 16.1. The van der Waals surface area contributed by atoms with Crippen molar-refractivity contribution in [2.45, 2.75) is 38.5 Å². The molecule has 1 saturated heterocycles. The number of aliphatic hydroxyl groups is 1. The van der Waals surface area contributed by atoms with Crippen LogP contribution >= 0.6 is 11.3 Å². The Morgan fingerprint density at radius 2 is 1.82 bits per heavy atom. The van der Waals surface area contributed by atoms with Crippen molar-refractivity contribution in [1.29, 1.82) is 0 Å². The number of piperidine rings is 1. The van der Waals surface area contributed by atoms with Gasteiger partial charge in [-0.15, -0.1) is 11.3 Å². The smallest absolute Gasteiger partial charge is 0.345 e. The molecule has 1 aromatic heterocycles. The SMILES string of the molecule is O=C(O)c1cc2c(s1)CCc1ccccc1C2=C1CCN(CCCCO)CC1. The minimum atomic E-state index is -0.825. The van der Waals surface area contributed by atoms with Crippen LogP contribution in [0.3, 0.4) is 0 Å². The lowest BCUT2D eigenvalue weighted by atomic mass is 9.87. The Labute approximate surface area is 170 Å². The maximum Gasteiger partial charge on any atom is 0.345 e. The summed E-state index contributed by atoms with van der Waals surface area (Å²) in [5.74, 6) is -0.825. The highest BCUT2D eigenvalue weighted by molar-refractivity contribution is 7.14. The molecule has 0 spiro atoms. The Morgan fingerprint density at radius 3 is 2.57 bits per heavy atom. The summed E-state index contributed by atoms with van der Waals surface area (Å²) in [6.07, 6.45) is 5.85. The van der Waals surface area contributed by atoms with Gasteiger partial charge in [-0.1, -0.05) is 29.8 Å². The third-order valence-electron chi connectivity index (χ3n) is 5.89. The van der Waals surface area contributed by atoms with Gasteiger partial charge in [-0.2, -0.15) is 0 Å². The van der Waals surface area contributed by atoms with Gasteiger partial charge in [0.15, 0.2) is 0 Å². The van der Waals surface area contributed by atoms with Crippen molar-refractivity contribution in [2.75, 3.05) is 26.2 Å². The Bertz CT molecular complexity index is 889. The minimum Gasteiger partial charge on any atom is -0.477 e. The molecule has 0 atom stereocenters. The molecule has 1 aliphatic carbocycles. The van der Waals surface area contributed by atoms with E-state index in [9.17, 15) is 9.90 Å². The van der Waals surface area contributed by atoms with E-state index in [1.54, 1.807) is 0 Å². The number of carboxylic acid groups (broad SMARTS) is 1. The number of aryl methyl sites for hydroxylation is 2. The quantitative estimate of drug-likeness (QED) is 0.742. The fraction of sp³-hybridized carbons (Fsp3) is 0.435. The van der Waals surface area contributed by atoms with E-state index < -0.39 is 5.97 Å². The van der Waals surface area contributed by atoms with E-state index in [4.69, 9.17) is 5.11 Å². The summed E-state index contributed by atoms with van der Waals surface area (Å²) in [5.41, 5.74) is 6.57. The third kappa shape index (κ3) is 3.93. The Hall–Kier alpha value is -1.95. The van der Waals surface area contributed by atoms with E-state index in [-0.39, 0.29) is 6.61 Å². The molecule has 0 unspecified atom stereocenters. The summed E-state index contributed by atoms with van der Waals surface area (Å²) in [7, 11) is 0. The number of likely N-dealkylation sites (tertiary alicyclic amines) is 1. The second-order valence-corrected chi connectivity index (χ2v) is 8.80. The number of carboxylic acids is 1. The lowest BCUT2D eigenvalue weighted by Crippen LogP contribution is -2.32. The molecule has 0 amide bonds. The molecule has 5 heteroatoms. The lowest BCUT2D eigenvalue weighted by Gasteiger charge is -2.30. The molecule has 28 heavy (non-hydrogen) atoms. The van der Waals surface area contributed by atoms with Crippen LogP contribution in [-0.4, -0.2) is 47.3 Å². The van der Waals surface area contributed by atoms with Crippen LogP contribution in [0.5, 0.6) is 0 Å². The molecule has 1 fully saturated rings. The lowest BCUT2D eigenvalue weighted by molar-refractivity contribution is 0.0702. The first-order valence-corrected chi connectivity index (χ1v) is 11.0. The predicted molar refractivity (Wildman–Crippen MR) is 113 cm³/mol. The van der Waals surface area contributed by atoms with E-state index in [1.807, 2.05) is 6.07 Å². The van der Waals surface area contributed by atoms with Crippen LogP contribution in [0.2, 0.25) is 0 Å². The van der Waals surface area contributed by atoms with E-state index in [2.05, 4.69) is 29.2 Å². The number of unbranched alkanes of at least 4 members (excludes halogenated alkanes) is 1. The molecule has 4 nitrogen and oxygen atoms in total. The van der Waals surface area contributed by atoms with Crippen molar-refractivity contribution in [2.24, 2.45) is 0 Å². The van der Waals surface area contributed by atoms with Gasteiger partial charge in [-0.05, 0) is 73.4 Å². The second-order valence-electron chi connectivity index (χ2n) is 7.66. The summed E-state index contributed by atoms with van der Waals surface area (Å²) in [4.78, 5) is 15.7. The van der Waals surface area contributed by atoms with Gasteiger partial charge in [-0.3, -0.25) is 0 Å². The van der Waals surface area contributed by atoms with Gasteiger partial charge in [-0.25, -0.2) is 4.79 Å². The maximum atomic E-state index is 11.6. The number of nitrogens with zero attached hydrogens (tertiary/aromatic N) is 1. The molecule has 148 valence electrons. The van der Waals surface area contributed by atoms with Crippen molar-refractivity contribution in [3.05, 3.63) is 62.3 Å². The molecule has 2 aliphatic rings. The number of hydrogen-bond acceptors (Lipinski definition) is 4. The number of aromatic carboxylic acids is 1. The van der Waals surface area contributed by atoms with Crippen molar-refractivity contribution in [3.8, 4) is 0 Å². The highest BCUT2D eigenvalue weighted by atomic mass is 32.1. The van der Waals surface area contributed by atoms with Gasteiger partial charge in [0.05, 0.1) is 0 Å². The van der Waals surface area contributed by atoms with Gasteiger partial charge in [0.25, 0.3) is 0 Å². The van der Waals surface area contributed by atoms with Crippen LogP contribution in [0.4, 0.5) is 0 Å².